The standard InChI is InChI=1S/C25H22F3N3O2/c1-16-12-17-6-2-3-11-22(17)31(16)15-23(32)29-20-9-4-7-18(13-20)24(33)30-21-10-5-8-19(14-21)25(26,27)28/h2-11,13-14,16H,12,15H2,1H3,(H,29,32)(H,30,33)/t16-/m0/s1. The summed E-state index contributed by atoms with van der Waals surface area (Å²) in [6.07, 6.45) is -3.63. The summed E-state index contributed by atoms with van der Waals surface area (Å²) >= 11 is 0. The molecule has 3 aromatic rings. The van der Waals surface area contributed by atoms with Crippen LogP contribution in [0.3, 0.4) is 0 Å². The van der Waals surface area contributed by atoms with Crippen LogP contribution in [0.4, 0.5) is 30.2 Å². The molecule has 1 atom stereocenters. The van der Waals surface area contributed by atoms with Crippen molar-refractivity contribution in [2.24, 2.45) is 0 Å². The number of nitrogens with zero attached hydrogens (tertiary/aromatic N) is 1. The zero-order valence-corrected chi connectivity index (χ0v) is 17.8. The number of anilines is 3. The molecule has 0 bridgehead atoms. The third-order valence-electron chi connectivity index (χ3n) is 5.52. The first-order chi connectivity index (χ1) is 15.7. The Morgan fingerprint density at radius 1 is 0.939 bits per heavy atom. The zero-order chi connectivity index (χ0) is 23.6. The van der Waals surface area contributed by atoms with Crippen LogP contribution in [-0.4, -0.2) is 24.4 Å². The van der Waals surface area contributed by atoms with Gasteiger partial charge in [-0.1, -0.05) is 30.3 Å². The van der Waals surface area contributed by atoms with Crippen LogP contribution in [0, 0.1) is 0 Å². The van der Waals surface area contributed by atoms with Gasteiger partial charge in [-0.3, -0.25) is 9.59 Å². The third-order valence-corrected chi connectivity index (χ3v) is 5.52. The highest BCUT2D eigenvalue weighted by molar-refractivity contribution is 6.05. The summed E-state index contributed by atoms with van der Waals surface area (Å²) in [6.45, 7) is 2.23. The molecule has 170 valence electrons. The molecule has 2 N–H and O–H groups in total. The summed E-state index contributed by atoms with van der Waals surface area (Å²) in [5.41, 5.74) is 2.06. The number of hydrogen-bond donors (Lipinski definition) is 2. The molecule has 0 aliphatic carbocycles. The molecule has 33 heavy (non-hydrogen) atoms. The van der Waals surface area contributed by atoms with E-state index >= 15 is 0 Å². The first-order valence-electron chi connectivity index (χ1n) is 10.4. The van der Waals surface area contributed by atoms with E-state index in [0.717, 1.165) is 24.2 Å². The Labute approximate surface area is 189 Å². The van der Waals surface area contributed by atoms with Crippen molar-refractivity contribution in [3.8, 4) is 0 Å². The Kier molecular flexibility index (Phi) is 6.09. The summed E-state index contributed by atoms with van der Waals surface area (Å²) in [7, 11) is 0. The van der Waals surface area contributed by atoms with Crippen LogP contribution < -0.4 is 15.5 Å². The Balaban J connectivity index is 1.42. The molecule has 0 aromatic heterocycles. The predicted octanol–water partition coefficient (Wildman–Crippen LogP) is 5.35. The van der Waals surface area contributed by atoms with Crippen molar-refractivity contribution >= 4 is 28.9 Å². The molecule has 0 fully saturated rings. The number of hydrogen-bond acceptors (Lipinski definition) is 3. The van der Waals surface area contributed by atoms with E-state index in [1.54, 1.807) is 12.1 Å². The fourth-order valence-electron chi connectivity index (χ4n) is 3.94. The van der Waals surface area contributed by atoms with Gasteiger partial charge in [-0.05, 0) is 61.4 Å². The molecule has 0 radical (unpaired) electrons. The number of alkyl halides is 3. The number of fused-ring (bicyclic) bond motifs is 1. The molecule has 0 spiro atoms. The zero-order valence-electron chi connectivity index (χ0n) is 17.8. The lowest BCUT2D eigenvalue weighted by Gasteiger charge is -2.24. The van der Waals surface area contributed by atoms with E-state index in [-0.39, 0.29) is 29.7 Å². The lowest BCUT2D eigenvalue weighted by atomic mass is 10.1. The number of amides is 2. The average molecular weight is 453 g/mol. The van der Waals surface area contributed by atoms with Crippen LogP contribution >= 0.6 is 0 Å². The van der Waals surface area contributed by atoms with Crippen molar-refractivity contribution in [1.29, 1.82) is 0 Å². The molecule has 8 heteroatoms. The van der Waals surface area contributed by atoms with Crippen LogP contribution in [0.1, 0.15) is 28.4 Å². The summed E-state index contributed by atoms with van der Waals surface area (Å²) < 4.78 is 38.7. The van der Waals surface area contributed by atoms with Crippen LogP contribution in [0.15, 0.2) is 72.8 Å². The fraction of sp³-hybridized carbons (Fsp3) is 0.200. The van der Waals surface area contributed by atoms with Crippen LogP contribution in [0.2, 0.25) is 0 Å². The average Bonchev–Trinajstić information content (AvgIpc) is 3.08. The van der Waals surface area contributed by atoms with Gasteiger partial charge < -0.3 is 15.5 Å². The lowest BCUT2D eigenvalue weighted by Crippen LogP contribution is -2.37. The van der Waals surface area contributed by atoms with Gasteiger partial charge in [0.2, 0.25) is 5.91 Å². The molecule has 2 amide bonds. The van der Waals surface area contributed by atoms with E-state index in [2.05, 4.69) is 23.6 Å². The van der Waals surface area contributed by atoms with Crippen molar-refractivity contribution in [1.82, 2.24) is 0 Å². The summed E-state index contributed by atoms with van der Waals surface area (Å²) in [6, 6.07) is 18.8. The van der Waals surface area contributed by atoms with Crippen molar-refractivity contribution in [3.05, 3.63) is 89.5 Å². The summed E-state index contributed by atoms with van der Waals surface area (Å²) in [5.74, 6) is -0.804. The minimum absolute atomic E-state index is 0.0333. The maximum Gasteiger partial charge on any atom is 0.416 e. The number of para-hydroxylation sites is 1. The Morgan fingerprint density at radius 2 is 1.64 bits per heavy atom. The second-order valence-electron chi connectivity index (χ2n) is 7.97. The highest BCUT2D eigenvalue weighted by atomic mass is 19.4. The van der Waals surface area contributed by atoms with Gasteiger partial charge in [0.25, 0.3) is 5.91 Å². The molecule has 0 saturated carbocycles. The van der Waals surface area contributed by atoms with E-state index < -0.39 is 17.6 Å². The minimum Gasteiger partial charge on any atom is -0.359 e. The number of carbonyl (C=O) groups excluding carboxylic acids is 2. The van der Waals surface area contributed by atoms with Crippen molar-refractivity contribution < 1.29 is 22.8 Å². The van der Waals surface area contributed by atoms with Crippen LogP contribution in [-0.2, 0) is 17.4 Å². The van der Waals surface area contributed by atoms with E-state index in [1.165, 1.54) is 29.8 Å². The second kappa shape index (κ2) is 8.97. The Bertz CT molecular complexity index is 1190. The highest BCUT2D eigenvalue weighted by Gasteiger charge is 2.30. The lowest BCUT2D eigenvalue weighted by molar-refractivity contribution is -0.137. The molecule has 1 aliphatic heterocycles. The molecule has 1 aliphatic rings. The van der Waals surface area contributed by atoms with Gasteiger partial charge in [-0.2, -0.15) is 13.2 Å². The van der Waals surface area contributed by atoms with Crippen molar-refractivity contribution in [2.75, 3.05) is 22.1 Å². The third kappa shape index (κ3) is 5.16. The number of benzene rings is 3. The van der Waals surface area contributed by atoms with Crippen LogP contribution in [0.25, 0.3) is 0 Å². The SMILES string of the molecule is C[C@H]1Cc2ccccc2N1CC(=O)Nc1cccc(C(=O)Nc2cccc(C(F)(F)F)c2)c1. The molecular formula is C25H22F3N3O2. The number of halogens is 3. The normalized spacial score (nSPS) is 15.2. The number of rotatable bonds is 5. The smallest absolute Gasteiger partial charge is 0.359 e. The van der Waals surface area contributed by atoms with Gasteiger partial charge in [0.15, 0.2) is 0 Å². The molecule has 0 saturated heterocycles. The molecule has 5 nitrogen and oxygen atoms in total. The molecule has 1 heterocycles. The van der Waals surface area contributed by atoms with Gasteiger partial charge in [0, 0.05) is 28.7 Å². The Morgan fingerprint density at radius 3 is 2.39 bits per heavy atom. The second-order valence-corrected chi connectivity index (χ2v) is 7.97. The van der Waals surface area contributed by atoms with Gasteiger partial charge in [0.05, 0.1) is 12.1 Å². The van der Waals surface area contributed by atoms with E-state index in [1.807, 2.05) is 23.1 Å². The fourth-order valence-corrected chi connectivity index (χ4v) is 3.94. The first kappa shape index (κ1) is 22.4. The largest absolute Gasteiger partial charge is 0.416 e. The minimum atomic E-state index is -4.50. The quantitative estimate of drug-likeness (QED) is 0.548. The Hall–Kier alpha value is -3.81. The maximum atomic E-state index is 12.9. The number of carbonyl (C=O) groups is 2. The predicted molar refractivity (Wildman–Crippen MR) is 121 cm³/mol. The van der Waals surface area contributed by atoms with Gasteiger partial charge in [-0.15, -0.1) is 0 Å². The molecular weight excluding hydrogens is 431 g/mol. The van der Waals surface area contributed by atoms with Crippen LogP contribution in [0.5, 0.6) is 0 Å². The van der Waals surface area contributed by atoms with E-state index in [4.69, 9.17) is 0 Å². The molecule has 0 unspecified atom stereocenters. The van der Waals surface area contributed by atoms with Gasteiger partial charge in [-0.25, -0.2) is 0 Å². The highest BCUT2D eigenvalue weighted by Crippen LogP contribution is 2.32. The maximum absolute atomic E-state index is 12.9. The van der Waals surface area contributed by atoms with E-state index in [0.29, 0.717) is 5.69 Å². The summed E-state index contributed by atoms with van der Waals surface area (Å²) in [5, 5.41) is 5.27. The molecule has 3 aromatic carbocycles. The van der Waals surface area contributed by atoms with Gasteiger partial charge in [0.1, 0.15) is 0 Å². The monoisotopic (exact) mass is 453 g/mol. The van der Waals surface area contributed by atoms with Crippen molar-refractivity contribution in [3.63, 3.8) is 0 Å². The molecule has 4 rings (SSSR count). The topological polar surface area (TPSA) is 61.4 Å². The van der Waals surface area contributed by atoms with E-state index in [9.17, 15) is 22.8 Å². The number of nitrogens with one attached hydrogen (secondary N) is 2. The summed E-state index contributed by atoms with van der Waals surface area (Å²) in [4.78, 5) is 27.3. The first-order valence-corrected chi connectivity index (χ1v) is 10.4. The van der Waals surface area contributed by atoms with Crippen molar-refractivity contribution in [2.45, 2.75) is 25.6 Å². The van der Waals surface area contributed by atoms with Gasteiger partial charge >= 0.3 is 6.18 Å².